The first-order valence-corrected chi connectivity index (χ1v) is 11.3. The van der Waals surface area contributed by atoms with Gasteiger partial charge in [-0.3, -0.25) is 4.79 Å². The zero-order valence-electron chi connectivity index (χ0n) is 19.6. The number of methoxy groups -OCH3 is 2. The van der Waals surface area contributed by atoms with Crippen LogP contribution in [-0.2, 0) is 30.4 Å². The lowest BCUT2D eigenvalue weighted by atomic mass is 9.67. The van der Waals surface area contributed by atoms with Gasteiger partial charge in [0.1, 0.15) is 0 Å². The lowest BCUT2D eigenvalue weighted by Gasteiger charge is -2.48. The summed E-state index contributed by atoms with van der Waals surface area (Å²) in [6, 6.07) is 18.9. The number of carbonyl (C=O) groups is 3. The molecule has 176 valence electrons. The van der Waals surface area contributed by atoms with E-state index in [0.717, 1.165) is 11.3 Å². The number of rotatable bonds is 7. The second-order valence-electron chi connectivity index (χ2n) is 8.26. The molecule has 0 saturated heterocycles. The molecule has 0 aromatic heterocycles. The number of anilines is 1. The lowest BCUT2D eigenvalue weighted by molar-refractivity contribution is -0.142. The number of hydrogen-bond donors (Lipinski definition) is 0. The van der Waals surface area contributed by atoms with Gasteiger partial charge in [-0.05, 0) is 31.0 Å². The summed E-state index contributed by atoms with van der Waals surface area (Å²) in [6.45, 7) is 2.91. The third kappa shape index (κ3) is 4.21. The van der Waals surface area contributed by atoms with Gasteiger partial charge in [-0.2, -0.15) is 0 Å². The summed E-state index contributed by atoms with van der Waals surface area (Å²) in [6.07, 6.45) is 2.17. The van der Waals surface area contributed by atoms with Crippen LogP contribution in [0, 0.1) is 5.92 Å². The highest BCUT2D eigenvalue weighted by Gasteiger charge is 2.52. The maximum absolute atomic E-state index is 13.6. The number of carbonyl (C=O) groups excluding carboxylic acids is 3. The molecule has 0 saturated carbocycles. The Hall–Kier alpha value is -3.87. The van der Waals surface area contributed by atoms with E-state index in [1.54, 1.807) is 4.90 Å². The van der Waals surface area contributed by atoms with E-state index in [1.165, 1.54) is 14.2 Å². The molecule has 1 amide bonds. The van der Waals surface area contributed by atoms with Crippen molar-refractivity contribution in [2.45, 2.75) is 25.9 Å². The standard InChI is InChI=1S/C27H28N2O5/c1-4-29(20-13-9-6-10-14-20)25(30)19-15-21-22(26(31)33-2)23(27(32)34-3)24(21)28(17-19)16-18-11-7-5-8-12-18/h5-14,17,21,24H,4,15-16H2,1-3H3/t21-,24-/m0/s1. The molecule has 0 spiro atoms. The summed E-state index contributed by atoms with van der Waals surface area (Å²) in [5, 5.41) is 0. The van der Waals surface area contributed by atoms with Crippen LogP contribution >= 0.6 is 0 Å². The van der Waals surface area contributed by atoms with Crippen LogP contribution in [0.1, 0.15) is 18.9 Å². The topological polar surface area (TPSA) is 76.2 Å². The van der Waals surface area contributed by atoms with Crippen molar-refractivity contribution in [1.29, 1.82) is 0 Å². The van der Waals surface area contributed by atoms with Gasteiger partial charge >= 0.3 is 11.9 Å². The number of para-hydroxylation sites is 1. The zero-order chi connectivity index (χ0) is 24.2. The van der Waals surface area contributed by atoms with Gasteiger partial charge in [-0.1, -0.05) is 48.5 Å². The highest BCUT2D eigenvalue weighted by atomic mass is 16.5. The highest BCUT2D eigenvalue weighted by molar-refractivity contribution is 6.08. The average molecular weight is 461 g/mol. The molecular formula is C27H28N2O5. The Bertz CT molecular complexity index is 1140. The molecule has 34 heavy (non-hydrogen) atoms. The number of hydrogen-bond acceptors (Lipinski definition) is 6. The van der Waals surface area contributed by atoms with E-state index in [0.29, 0.717) is 36.2 Å². The van der Waals surface area contributed by atoms with Gasteiger partial charge in [-0.25, -0.2) is 9.59 Å². The number of nitrogens with zero attached hydrogens (tertiary/aromatic N) is 2. The van der Waals surface area contributed by atoms with Crippen molar-refractivity contribution < 1.29 is 23.9 Å². The van der Waals surface area contributed by atoms with Gasteiger partial charge in [0.2, 0.25) is 0 Å². The predicted molar refractivity (Wildman–Crippen MR) is 127 cm³/mol. The molecule has 1 heterocycles. The molecule has 2 atom stereocenters. The summed E-state index contributed by atoms with van der Waals surface area (Å²) in [7, 11) is 2.59. The molecule has 2 aliphatic rings. The minimum absolute atomic E-state index is 0.124. The Labute approximate surface area is 199 Å². The van der Waals surface area contributed by atoms with Crippen molar-refractivity contribution in [1.82, 2.24) is 4.90 Å². The first-order chi connectivity index (χ1) is 16.5. The molecule has 4 rings (SSSR count). The second kappa shape index (κ2) is 9.95. The smallest absolute Gasteiger partial charge is 0.336 e. The maximum Gasteiger partial charge on any atom is 0.336 e. The fourth-order valence-electron chi connectivity index (χ4n) is 4.82. The fraction of sp³-hybridized carbons (Fsp3) is 0.296. The van der Waals surface area contributed by atoms with E-state index >= 15 is 0 Å². The minimum Gasteiger partial charge on any atom is -0.466 e. The summed E-state index contributed by atoms with van der Waals surface area (Å²) >= 11 is 0. The number of esters is 2. The van der Waals surface area contributed by atoms with Crippen LogP contribution in [0.5, 0.6) is 0 Å². The molecule has 2 aromatic rings. The van der Waals surface area contributed by atoms with Crippen molar-refractivity contribution >= 4 is 23.5 Å². The Morgan fingerprint density at radius 3 is 2.09 bits per heavy atom. The summed E-state index contributed by atoms with van der Waals surface area (Å²) in [5.74, 6) is -1.59. The van der Waals surface area contributed by atoms with E-state index in [-0.39, 0.29) is 17.9 Å². The number of ether oxygens (including phenoxy) is 2. The van der Waals surface area contributed by atoms with E-state index in [1.807, 2.05) is 78.7 Å². The van der Waals surface area contributed by atoms with Crippen LogP contribution < -0.4 is 4.90 Å². The van der Waals surface area contributed by atoms with E-state index in [9.17, 15) is 14.4 Å². The van der Waals surface area contributed by atoms with Crippen LogP contribution in [0.3, 0.4) is 0 Å². The Morgan fingerprint density at radius 2 is 1.50 bits per heavy atom. The first-order valence-electron chi connectivity index (χ1n) is 11.3. The predicted octanol–water partition coefficient (Wildman–Crippen LogP) is 3.47. The van der Waals surface area contributed by atoms with E-state index in [4.69, 9.17) is 9.47 Å². The molecule has 0 radical (unpaired) electrons. The van der Waals surface area contributed by atoms with Crippen LogP contribution in [0.15, 0.2) is 83.6 Å². The first kappa shape index (κ1) is 23.3. The monoisotopic (exact) mass is 460 g/mol. The molecule has 0 fully saturated rings. The van der Waals surface area contributed by atoms with E-state index < -0.39 is 11.9 Å². The molecule has 0 unspecified atom stereocenters. The molecule has 7 nitrogen and oxygen atoms in total. The molecule has 1 aliphatic heterocycles. The van der Waals surface area contributed by atoms with Crippen molar-refractivity contribution in [2.24, 2.45) is 5.92 Å². The van der Waals surface area contributed by atoms with Crippen LogP contribution in [0.2, 0.25) is 0 Å². The Morgan fingerprint density at radius 1 is 0.912 bits per heavy atom. The summed E-state index contributed by atoms with van der Waals surface area (Å²) in [4.78, 5) is 42.5. The van der Waals surface area contributed by atoms with Gasteiger partial charge < -0.3 is 19.3 Å². The van der Waals surface area contributed by atoms with Crippen LogP contribution in [-0.4, -0.2) is 49.6 Å². The molecule has 1 aliphatic carbocycles. The number of benzene rings is 2. The van der Waals surface area contributed by atoms with Crippen LogP contribution in [0.25, 0.3) is 0 Å². The molecule has 0 bridgehead atoms. The highest BCUT2D eigenvalue weighted by Crippen LogP contribution is 2.47. The Balaban J connectivity index is 1.74. The SMILES string of the molecule is CCN(C(=O)C1=CN(Cc2ccccc2)[C@@H]2C(C(=O)OC)=C(C(=O)OC)[C@@H]2C1)c1ccccc1. The lowest BCUT2D eigenvalue weighted by Crippen LogP contribution is -2.54. The number of fused-ring (bicyclic) bond motifs is 1. The second-order valence-corrected chi connectivity index (χ2v) is 8.26. The minimum atomic E-state index is -0.564. The quantitative estimate of drug-likeness (QED) is 0.589. The Kier molecular flexibility index (Phi) is 6.82. The van der Waals surface area contributed by atoms with Crippen molar-refractivity contribution in [2.75, 3.05) is 25.7 Å². The van der Waals surface area contributed by atoms with Gasteiger partial charge in [0.25, 0.3) is 5.91 Å². The van der Waals surface area contributed by atoms with Gasteiger partial charge in [0.05, 0.1) is 31.4 Å². The number of amides is 1. The molecule has 2 aromatic carbocycles. The van der Waals surface area contributed by atoms with Crippen molar-refractivity contribution in [3.63, 3.8) is 0 Å². The van der Waals surface area contributed by atoms with Crippen molar-refractivity contribution in [3.8, 4) is 0 Å². The third-order valence-electron chi connectivity index (χ3n) is 6.38. The average Bonchev–Trinajstić information content (AvgIpc) is 2.86. The van der Waals surface area contributed by atoms with Gasteiger partial charge in [-0.15, -0.1) is 0 Å². The largest absolute Gasteiger partial charge is 0.466 e. The maximum atomic E-state index is 13.6. The van der Waals surface area contributed by atoms with Gasteiger partial charge in [0, 0.05) is 36.5 Å². The zero-order valence-corrected chi connectivity index (χ0v) is 19.6. The molecular weight excluding hydrogens is 432 g/mol. The summed E-state index contributed by atoms with van der Waals surface area (Å²) in [5.41, 5.74) is 3.00. The molecule has 0 N–H and O–H groups in total. The van der Waals surface area contributed by atoms with Crippen molar-refractivity contribution in [3.05, 3.63) is 89.1 Å². The molecule has 7 heteroatoms. The van der Waals surface area contributed by atoms with E-state index in [2.05, 4.69) is 0 Å². The third-order valence-corrected chi connectivity index (χ3v) is 6.38. The fourth-order valence-corrected chi connectivity index (χ4v) is 4.82. The number of likely N-dealkylation sites (N-methyl/N-ethyl adjacent to an activating group) is 1. The normalized spacial score (nSPS) is 18.9. The van der Waals surface area contributed by atoms with Crippen LogP contribution in [0.4, 0.5) is 5.69 Å². The summed E-state index contributed by atoms with van der Waals surface area (Å²) < 4.78 is 9.96. The van der Waals surface area contributed by atoms with Gasteiger partial charge in [0.15, 0.2) is 0 Å².